The number of hydrogen-bond acceptors (Lipinski definition) is 5. The van der Waals surface area contributed by atoms with Crippen molar-refractivity contribution in [3.05, 3.63) is 46.8 Å². The minimum absolute atomic E-state index is 0.163. The standard InChI is InChI=1S/C14H10N2O3S/c15-7-11-5-6-20-14(11)16-13(18)9-19-12-3-1-10(8-17)2-4-12/h1-6,8H,9H2,(H,16,18). The van der Waals surface area contributed by atoms with E-state index in [2.05, 4.69) is 5.32 Å². The highest BCUT2D eigenvalue weighted by atomic mass is 32.1. The Morgan fingerprint density at radius 1 is 1.35 bits per heavy atom. The van der Waals surface area contributed by atoms with E-state index in [1.54, 1.807) is 35.7 Å². The largest absolute Gasteiger partial charge is 0.484 e. The lowest BCUT2D eigenvalue weighted by molar-refractivity contribution is -0.118. The van der Waals surface area contributed by atoms with Crippen molar-refractivity contribution < 1.29 is 14.3 Å². The van der Waals surface area contributed by atoms with Crippen LogP contribution < -0.4 is 10.1 Å². The highest BCUT2D eigenvalue weighted by molar-refractivity contribution is 7.14. The molecule has 2 rings (SSSR count). The Morgan fingerprint density at radius 2 is 2.10 bits per heavy atom. The summed E-state index contributed by atoms with van der Waals surface area (Å²) in [6, 6.07) is 10.1. The monoisotopic (exact) mass is 286 g/mol. The van der Waals surface area contributed by atoms with Gasteiger partial charge in [-0.3, -0.25) is 9.59 Å². The molecule has 6 heteroatoms. The average molecular weight is 286 g/mol. The molecule has 0 fully saturated rings. The van der Waals surface area contributed by atoms with Crippen LogP contribution in [0.1, 0.15) is 15.9 Å². The summed E-state index contributed by atoms with van der Waals surface area (Å²) in [5, 5.41) is 13.7. The van der Waals surface area contributed by atoms with Gasteiger partial charge in [0.05, 0.1) is 5.56 Å². The van der Waals surface area contributed by atoms with Crippen LogP contribution in [-0.4, -0.2) is 18.8 Å². The maximum atomic E-state index is 11.7. The lowest BCUT2D eigenvalue weighted by Crippen LogP contribution is -2.20. The van der Waals surface area contributed by atoms with Crippen LogP contribution in [0.2, 0.25) is 0 Å². The van der Waals surface area contributed by atoms with E-state index in [4.69, 9.17) is 10.00 Å². The number of benzene rings is 1. The van der Waals surface area contributed by atoms with Gasteiger partial charge in [-0.25, -0.2) is 0 Å². The SMILES string of the molecule is N#Cc1ccsc1NC(=O)COc1ccc(C=O)cc1. The minimum Gasteiger partial charge on any atom is -0.484 e. The molecule has 1 aromatic heterocycles. The van der Waals surface area contributed by atoms with Gasteiger partial charge in [0.25, 0.3) is 5.91 Å². The first-order valence-corrected chi connectivity index (χ1v) is 6.56. The summed E-state index contributed by atoms with van der Waals surface area (Å²) < 4.78 is 5.28. The van der Waals surface area contributed by atoms with Gasteiger partial charge >= 0.3 is 0 Å². The van der Waals surface area contributed by atoms with E-state index >= 15 is 0 Å². The van der Waals surface area contributed by atoms with Crippen molar-refractivity contribution in [3.8, 4) is 11.8 Å². The Hall–Kier alpha value is -2.65. The quantitative estimate of drug-likeness (QED) is 0.856. The molecule has 20 heavy (non-hydrogen) atoms. The molecule has 1 heterocycles. The first-order valence-electron chi connectivity index (χ1n) is 5.68. The Labute approximate surface area is 119 Å². The molecule has 5 nitrogen and oxygen atoms in total. The zero-order valence-corrected chi connectivity index (χ0v) is 11.1. The number of carbonyl (C=O) groups excluding carboxylic acids is 2. The molecule has 0 aliphatic carbocycles. The van der Waals surface area contributed by atoms with E-state index < -0.39 is 0 Å². The van der Waals surface area contributed by atoms with Gasteiger partial charge in [0, 0.05) is 5.56 Å². The van der Waals surface area contributed by atoms with Crippen LogP contribution >= 0.6 is 11.3 Å². The smallest absolute Gasteiger partial charge is 0.262 e. The van der Waals surface area contributed by atoms with E-state index in [1.807, 2.05) is 6.07 Å². The van der Waals surface area contributed by atoms with Crippen molar-refractivity contribution in [2.45, 2.75) is 0 Å². The summed E-state index contributed by atoms with van der Waals surface area (Å²) in [6.45, 7) is -0.163. The number of aldehydes is 1. The molecular weight excluding hydrogens is 276 g/mol. The minimum atomic E-state index is -0.344. The van der Waals surface area contributed by atoms with Gasteiger partial charge < -0.3 is 10.1 Å². The molecule has 0 radical (unpaired) electrons. The molecule has 1 aromatic carbocycles. The molecule has 0 saturated carbocycles. The lowest BCUT2D eigenvalue weighted by Gasteiger charge is -2.06. The maximum absolute atomic E-state index is 11.7. The topological polar surface area (TPSA) is 79.2 Å². The predicted octanol–water partition coefficient (Wildman–Crippen LogP) is 2.45. The molecule has 2 aromatic rings. The fourth-order valence-electron chi connectivity index (χ4n) is 1.45. The Balaban J connectivity index is 1.89. The van der Waals surface area contributed by atoms with Crippen LogP contribution in [0.15, 0.2) is 35.7 Å². The first-order chi connectivity index (χ1) is 9.72. The Morgan fingerprint density at radius 3 is 2.75 bits per heavy atom. The van der Waals surface area contributed by atoms with E-state index in [9.17, 15) is 9.59 Å². The number of anilines is 1. The molecule has 0 bridgehead atoms. The number of ether oxygens (including phenoxy) is 1. The fraction of sp³-hybridized carbons (Fsp3) is 0.0714. The molecule has 0 aliphatic rings. The number of amides is 1. The van der Waals surface area contributed by atoms with Crippen LogP contribution in [0, 0.1) is 11.3 Å². The summed E-state index contributed by atoms with van der Waals surface area (Å²) in [7, 11) is 0. The van der Waals surface area contributed by atoms with Crippen molar-refractivity contribution in [1.82, 2.24) is 0 Å². The molecule has 0 atom stereocenters. The van der Waals surface area contributed by atoms with Crippen molar-refractivity contribution in [2.24, 2.45) is 0 Å². The molecule has 0 aliphatic heterocycles. The first kappa shape index (κ1) is 13.8. The molecule has 0 spiro atoms. The molecule has 1 N–H and O–H groups in total. The van der Waals surface area contributed by atoms with E-state index in [-0.39, 0.29) is 12.5 Å². The number of thiophene rings is 1. The van der Waals surface area contributed by atoms with Crippen molar-refractivity contribution in [1.29, 1.82) is 5.26 Å². The van der Waals surface area contributed by atoms with E-state index in [0.29, 0.717) is 21.9 Å². The van der Waals surface area contributed by atoms with Crippen LogP contribution in [-0.2, 0) is 4.79 Å². The Bertz CT molecular complexity index is 656. The van der Waals surface area contributed by atoms with Gasteiger partial charge in [-0.1, -0.05) is 0 Å². The van der Waals surface area contributed by atoms with E-state index in [0.717, 1.165) is 6.29 Å². The summed E-state index contributed by atoms with van der Waals surface area (Å²) in [4.78, 5) is 22.2. The number of rotatable bonds is 5. The van der Waals surface area contributed by atoms with Crippen LogP contribution in [0.5, 0.6) is 5.75 Å². The predicted molar refractivity (Wildman–Crippen MR) is 75.0 cm³/mol. The van der Waals surface area contributed by atoms with Crippen LogP contribution in [0.4, 0.5) is 5.00 Å². The van der Waals surface area contributed by atoms with Gasteiger partial charge in [0.1, 0.15) is 23.1 Å². The second-order valence-electron chi connectivity index (χ2n) is 3.80. The third-order valence-corrected chi connectivity index (χ3v) is 3.25. The zero-order valence-electron chi connectivity index (χ0n) is 10.3. The number of nitriles is 1. The second kappa shape index (κ2) is 6.50. The normalized spacial score (nSPS) is 9.55. The second-order valence-corrected chi connectivity index (χ2v) is 4.72. The average Bonchev–Trinajstić information content (AvgIpc) is 2.92. The van der Waals surface area contributed by atoms with Crippen molar-refractivity contribution in [2.75, 3.05) is 11.9 Å². The fourth-order valence-corrected chi connectivity index (χ4v) is 2.20. The van der Waals surface area contributed by atoms with Gasteiger partial charge in [-0.2, -0.15) is 5.26 Å². The van der Waals surface area contributed by atoms with Gasteiger partial charge in [-0.05, 0) is 35.7 Å². The highest BCUT2D eigenvalue weighted by Gasteiger charge is 2.08. The number of carbonyl (C=O) groups is 2. The lowest BCUT2D eigenvalue weighted by atomic mass is 10.2. The van der Waals surface area contributed by atoms with Crippen LogP contribution in [0.3, 0.4) is 0 Å². The number of hydrogen-bond donors (Lipinski definition) is 1. The summed E-state index contributed by atoms with van der Waals surface area (Å²) in [6.07, 6.45) is 0.733. The molecule has 0 saturated heterocycles. The van der Waals surface area contributed by atoms with Crippen LogP contribution in [0.25, 0.3) is 0 Å². The van der Waals surface area contributed by atoms with Crippen molar-refractivity contribution >= 4 is 28.5 Å². The van der Waals surface area contributed by atoms with E-state index in [1.165, 1.54) is 11.3 Å². The maximum Gasteiger partial charge on any atom is 0.262 e. The van der Waals surface area contributed by atoms with Crippen molar-refractivity contribution in [3.63, 3.8) is 0 Å². The number of nitrogens with zero attached hydrogens (tertiary/aromatic N) is 1. The highest BCUT2D eigenvalue weighted by Crippen LogP contribution is 2.22. The molecule has 0 unspecified atom stereocenters. The van der Waals surface area contributed by atoms with Gasteiger partial charge in [0.15, 0.2) is 6.61 Å². The zero-order chi connectivity index (χ0) is 14.4. The molecule has 100 valence electrons. The molecule has 1 amide bonds. The summed E-state index contributed by atoms with van der Waals surface area (Å²) in [5.41, 5.74) is 0.970. The number of nitrogens with one attached hydrogen (secondary N) is 1. The van der Waals surface area contributed by atoms with Gasteiger partial charge in [-0.15, -0.1) is 11.3 Å². The third kappa shape index (κ3) is 3.43. The summed E-state index contributed by atoms with van der Waals surface area (Å²) in [5.74, 6) is 0.154. The van der Waals surface area contributed by atoms with Gasteiger partial charge in [0.2, 0.25) is 0 Å². The summed E-state index contributed by atoms with van der Waals surface area (Å²) >= 11 is 1.28. The third-order valence-electron chi connectivity index (χ3n) is 2.42. The molecular formula is C14H10N2O3S. The Kier molecular flexibility index (Phi) is 4.47.